The Balaban J connectivity index is 2.38. The van der Waals surface area contributed by atoms with Crippen LogP contribution in [0.25, 0.3) is 0 Å². The quantitative estimate of drug-likeness (QED) is 0.617. The molecule has 0 bridgehead atoms. The summed E-state index contributed by atoms with van der Waals surface area (Å²) in [7, 11) is 0. The number of likely N-dealkylation sites (tertiary alicyclic amines) is 1. The molecule has 4 heteroatoms. The monoisotopic (exact) mass is 261 g/mol. The van der Waals surface area contributed by atoms with Crippen LogP contribution in [-0.2, 0) is 4.74 Å². The van der Waals surface area contributed by atoms with Crippen LogP contribution >= 0.6 is 0 Å². The first-order valence-corrected chi connectivity index (χ1v) is 6.52. The zero-order valence-electron chi connectivity index (χ0n) is 9.25. The van der Waals surface area contributed by atoms with Crippen LogP contribution in [0.5, 0.6) is 0 Å². The van der Waals surface area contributed by atoms with Gasteiger partial charge in [-0.2, -0.15) is 0 Å². The second kappa shape index (κ2) is 4.57. The van der Waals surface area contributed by atoms with E-state index in [0.29, 0.717) is 0 Å². The predicted molar refractivity (Wildman–Crippen MR) is 59.3 cm³/mol. The van der Waals surface area contributed by atoms with Crippen molar-refractivity contribution in [1.82, 2.24) is 4.90 Å². The summed E-state index contributed by atoms with van der Waals surface area (Å²) in [5, 5.41) is 0. The van der Waals surface area contributed by atoms with Crippen LogP contribution in [0.15, 0.2) is 0 Å². The van der Waals surface area contributed by atoms with Gasteiger partial charge in [-0.3, -0.25) is 0 Å². The number of carbonyl (C=O) groups excluding carboxylic acids is 1. The Morgan fingerprint density at radius 2 is 1.86 bits per heavy atom. The Hall–Kier alpha value is -0.172. The minimum atomic E-state index is -0.371. The molecule has 1 heterocycles. The Morgan fingerprint density at radius 3 is 2.29 bits per heavy atom. The van der Waals surface area contributed by atoms with Crippen molar-refractivity contribution in [3.8, 4) is 0 Å². The second-order valence-electron chi connectivity index (χ2n) is 4.80. The minimum absolute atomic E-state index is 0.156. The number of amides is 1. The molecule has 0 aromatic rings. The van der Waals surface area contributed by atoms with E-state index < -0.39 is 0 Å². The SMILES string of the molecule is CC(C)(C)OC(=O)N1CCC([AsH2])CC1. The molecule has 14 heavy (non-hydrogen) atoms. The number of ether oxygens (including phenoxy) is 1. The molecule has 1 aliphatic heterocycles. The topological polar surface area (TPSA) is 29.5 Å². The molecule has 1 amide bonds. The van der Waals surface area contributed by atoms with Gasteiger partial charge in [0.1, 0.15) is 0 Å². The summed E-state index contributed by atoms with van der Waals surface area (Å²) < 4.78 is 6.11. The van der Waals surface area contributed by atoms with E-state index >= 15 is 0 Å². The third-order valence-corrected chi connectivity index (χ3v) is 3.59. The number of hydrogen-bond acceptors (Lipinski definition) is 2. The molecular weight excluding hydrogens is 241 g/mol. The van der Waals surface area contributed by atoms with Gasteiger partial charge in [-0.05, 0) is 0 Å². The summed E-state index contributed by atoms with van der Waals surface area (Å²) in [4.78, 5) is 13.4. The van der Waals surface area contributed by atoms with Crippen molar-refractivity contribution in [2.75, 3.05) is 13.1 Å². The van der Waals surface area contributed by atoms with Crippen LogP contribution in [0.2, 0.25) is 4.71 Å². The van der Waals surface area contributed by atoms with Gasteiger partial charge in [0, 0.05) is 0 Å². The van der Waals surface area contributed by atoms with E-state index in [1.807, 2.05) is 25.7 Å². The summed E-state index contributed by atoms with van der Waals surface area (Å²) in [6.07, 6.45) is 2.09. The van der Waals surface area contributed by atoms with Crippen LogP contribution in [0.4, 0.5) is 4.79 Å². The molecule has 0 aliphatic carbocycles. The normalized spacial score (nSPS) is 19.6. The summed E-state index contributed by atoms with van der Waals surface area (Å²) in [5.74, 6) is 0. The van der Waals surface area contributed by atoms with Gasteiger partial charge < -0.3 is 0 Å². The third kappa shape index (κ3) is 3.91. The van der Waals surface area contributed by atoms with Crippen molar-refractivity contribution in [3.63, 3.8) is 0 Å². The zero-order valence-corrected chi connectivity index (χ0v) is 11.7. The molecule has 0 spiro atoms. The Kier molecular flexibility index (Phi) is 3.88. The van der Waals surface area contributed by atoms with E-state index in [4.69, 9.17) is 4.74 Å². The molecular formula is C10H20AsNO2. The maximum atomic E-state index is 11.6. The molecule has 1 atom stereocenters. The van der Waals surface area contributed by atoms with Gasteiger partial charge >= 0.3 is 94.4 Å². The van der Waals surface area contributed by atoms with Gasteiger partial charge in [0.25, 0.3) is 0 Å². The number of nitrogens with zero attached hydrogens (tertiary/aromatic N) is 1. The first kappa shape index (κ1) is 11.9. The van der Waals surface area contributed by atoms with E-state index in [-0.39, 0.29) is 11.7 Å². The van der Waals surface area contributed by atoms with E-state index in [2.05, 4.69) is 0 Å². The fourth-order valence-electron chi connectivity index (χ4n) is 1.41. The first-order chi connectivity index (χ1) is 6.38. The van der Waals surface area contributed by atoms with E-state index in [1.165, 1.54) is 0 Å². The maximum absolute atomic E-state index is 11.6. The number of hydrogen-bond donors (Lipinski definition) is 0. The van der Waals surface area contributed by atoms with Gasteiger partial charge in [0.15, 0.2) is 0 Å². The molecule has 0 radical (unpaired) electrons. The van der Waals surface area contributed by atoms with Gasteiger partial charge in [0.05, 0.1) is 0 Å². The molecule has 1 aliphatic rings. The molecule has 0 aromatic carbocycles. The summed E-state index contributed by atoms with van der Waals surface area (Å²) in [6, 6.07) is 0. The molecule has 0 N–H and O–H groups in total. The molecule has 0 aromatic heterocycles. The standard InChI is InChI=1S/C10H20AsNO2/c1-10(2,3)14-9(13)12-6-4-8(11)5-7-12/h8H,4-7,11H2,1-3H3. The predicted octanol–water partition coefficient (Wildman–Crippen LogP) is 1.44. The second-order valence-corrected chi connectivity index (χ2v) is 6.78. The third-order valence-electron chi connectivity index (χ3n) is 2.19. The number of piperidine rings is 1. The van der Waals surface area contributed by atoms with Gasteiger partial charge in [-0.15, -0.1) is 0 Å². The number of carbonyl (C=O) groups is 1. The summed E-state index contributed by atoms with van der Waals surface area (Å²) in [5.41, 5.74) is -0.371. The van der Waals surface area contributed by atoms with Crippen molar-refractivity contribution < 1.29 is 9.53 Å². The summed E-state index contributed by atoms with van der Waals surface area (Å²) >= 11 is 1.79. The van der Waals surface area contributed by atoms with Gasteiger partial charge in [0.2, 0.25) is 0 Å². The van der Waals surface area contributed by atoms with Crippen LogP contribution in [0, 0.1) is 0 Å². The van der Waals surface area contributed by atoms with Crippen molar-refractivity contribution in [1.29, 1.82) is 0 Å². The van der Waals surface area contributed by atoms with E-state index in [1.54, 1.807) is 16.9 Å². The average Bonchev–Trinajstić information content (AvgIpc) is 2.02. The fourth-order valence-corrected chi connectivity index (χ4v) is 2.03. The van der Waals surface area contributed by atoms with E-state index in [0.717, 1.165) is 30.6 Å². The Labute approximate surface area is 94.7 Å². The van der Waals surface area contributed by atoms with Crippen LogP contribution in [-0.4, -0.2) is 46.5 Å². The molecule has 3 nitrogen and oxygen atoms in total. The van der Waals surface area contributed by atoms with Crippen molar-refractivity contribution in [3.05, 3.63) is 0 Å². The van der Waals surface area contributed by atoms with E-state index in [9.17, 15) is 4.79 Å². The van der Waals surface area contributed by atoms with Crippen LogP contribution in [0.3, 0.4) is 0 Å². The first-order valence-electron chi connectivity index (χ1n) is 5.12. The Morgan fingerprint density at radius 1 is 1.36 bits per heavy atom. The molecule has 1 rings (SSSR count). The molecule has 0 saturated carbocycles. The van der Waals surface area contributed by atoms with Crippen molar-refractivity contribution >= 4 is 22.9 Å². The zero-order chi connectivity index (χ0) is 10.8. The number of rotatable bonds is 0. The average molecular weight is 261 g/mol. The van der Waals surface area contributed by atoms with Crippen LogP contribution < -0.4 is 0 Å². The van der Waals surface area contributed by atoms with Crippen molar-refractivity contribution in [2.45, 2.75) is 43.9 Å². The fraction of sp³-hybridized carbons (Fsp3) is 0.900. The molecule has 1 unspecified atom stereocenters. The molecule has 1 saturated heterocycles. The van der Waals surface area contributed by atoms with Gasteiger partial charge in [-0.25, -0.2) is 0 Å². The summed E-state index contributed by atoms with van der Waals surface area (Å²) in [6.45, 7) is 7.43. The van der Waals surface area contributed by atoms with Crippen molar-refractivity contribution in [2.24, 2.45) is 0 Å². The van der Waals surface area contributed by atoms with Crippen LogP contribution in [0.1, 0.15) is 33.6 Å². The molecule has 82 valence electrons. The molecule has 1 fully saturated rings. The Bertz CT molecular complexity index is 205. The van der Waals surface area contributed by atoms with Gasteiger partial charge in [-0.1, -0.05) is 0 Å².